The number of nitrogens with one attached hydrogen (secondary N) is 2. The van der Waals surface area contributed by atoms with Gasteiger partial charge in [0.25, 0.3) is 11.8 Å². The standard InChI is InChI=1S/C35H35F3N4O4S/c1-22-21-47-32(40-22)29-14-7-15-42(29)33(45)26-12-6-11-25(17-26)31(44)41-34(18-28(34)24-9-3-2-4-10-24)30(43)20-39-19-23-8-5-13-27(16-23)46-35(36,37)38/h2-6,8-13,16-17,21,28-30,39,43H,7,14-15,18-20H2,1H3,(H,41,44)/t28?,29-,30-,34?/m1/s1. The average Bonchev–Trinajstić information content (AvgIpc) is 3.32. The zero-order valence-corrected chi connectivity index (χ0v) is 26.5. The molecule has 8 nitrogen and oxygen atoms in total. The molecule has 1 saturated heterocycles. The van der Waals surface area contributed by atoms with Crippen LogP contribution in [0.1, 0.15) is 73.8 Å². The van der Waals surface area contributed by atoms with E-state index in [-0.39, 0.29) is 36.7 Å². The van der Waals surface area contributed by atoms with Crippen LogP contribution in [0.2, 0.25) is 0 Å². The number of benzene rings is 3. The molecule has 3 aromatic carbocycles. The molecule has 0 spiro atoms. The Labute approximate surface area is 274 Å². The summed E-state index contributed by atoms with van der Waals surface area (Å²) in [5.41, 5.74) is 2.14. The van der Waals surface area contributed by atoms with Gasteiger partial charge in [-0.25, -0.2) is 4.98 Å². The number of alkyl halides is 3. The molecule has 2 unspecified atom stereocenters. The van der Waals surface area contributed by atoms with Crippen LogP contribution in [0.3, 0.4) is 0 Å². The summed E-state index contributed by atoms with van der Waals surface area (Å²) in [5.74, 6) is -1.06. The lowest BCUT2D eigenvalue weighted by molar-refractivity contribution is -0.274. The predicted molar refractivity (Wildman–Crippen MR) is 171 cm³/mol. The molecular weight excluding hydrogens is 629 g/mol. The van der Waals surface area contributed by atoms with E-state index in [9.17, 15) is 27.9 Å². The second kappa shape index (κ2) is 13.5. The Kier molecular flexibility index (Phi) is 9.36. The van der Waals surface area contributed by atoms with E-state index in [0.717, 1.165) is 29.1 Å². The van der Waals surface area contributed by atoms with Crippen molar-refractivity contribution >= 4 is 23.2 Å². The van der Waals surface area contributed by atoms with E-state index in [1.165, 1.54) is 18.2 Å². The molecule has 1 aliphatic heterocycles. The summed E-state index contributed by atoms with van der Waals surface area (Å²) in [5, 5.41) is 20.5. The number of likely N-dealkylation sites (tertiary alicyclic amines) is 1. The molecule has 0 bridgehead atoms. The van der Waals surface area contributed by atoms with Crippen molar-refractivity contribution < 1.29 is 32.6 Å². The van der Waals surface area contributed by atoms with Crippen LogP contribution in [0.15, 0.2) is 84.2 Å². The van der Waals surface area contributed by atoms with Crippen LogP contribution >= 0.6 is 11.3 Å². The molecule has 4 atom stereocenters. The second-order valence-corrected chi connectivity index (χ2v) is 13.0. The Balaban J connectivity index is 1.15. The Hall–Kier alpha value is -4.26. The van der Waals surface area contributed by atoms with Gasteiger partial charge in [0.15, 0.2) is 0 Å². The monoisotopic (exact) mass is 664 g/mol. The lowest BCUT2D eigenvalue weighted by Crippen LogP contribution is -2.51. The van der Waals surface area contributed by atoms with Crippen LogP contribution in [0.5, 0.6) is 5.75 Å². The van der Waals surface area contributed by atoms with Crippen LogP contribution in [0.25, 0.3) is 0 Å². The van der Waals surface area contributed by atoms with Crippen LogP contribution in [-0.2, 0) is 6.54 Å². The molecule has 3 N–H and O–H groups in total. The summed E-state index contributed by atoms with van der Waals surface area (Å²) in [7, 11) is 0. The molecular formula is C35H35F3N4O4S. The van der Waals surface area contributed by atoms with Gasteiger partial charge in [-0.2, -0.15) is 0 Å². The van der Waals surface area contributed by atoms with Crippen LogP contribution in [0.4, 0.5) is 13.2 Å². The first kappa shape index (κ1) is 32.7. The normalized spacial score (nSPS) is 21.3. The Morgan fingerprint density at radius 1 is 1.09 bits per heavy atom. The number of hydrogen-bond acceptors (Lipinski definition) is 7. The van der Waals surface area contributed by atoms with Gasteiger partial charge in [-0.3, -0.25) is 9.59 Å². The fourth-order valence-electron chi connectivity index (χ4n) is 6.39. The third-order valence-corrected chi connectivity index (χ3v) is 9.82. The highest BCUT2D eigenvalue weighted by molar-refractivity contribution is 7.09. The molecule has 2 amide bonds. The average molecular weight is 665 g/mol. The van der Waals surface area contributed by atoms with Gasteiger partial charge in [0.05, 0.1) is 17.7 Å². The number of thiazole rings is 1. The highest BCUT2D eigenvalue weighted by Gasteiger charge is 2.60. The molecule has 1 saturated carbocycles. The Morgan fingerprint density at radius 3 is 2.60 bits per heavy atom. The molecule has 4 aromatic rings. The van der Waals surface area contributed by atoms with E-state index in [1.54, 1.807) is 41.7 Å². The summed E-state index contributed by atoms with van der Waals surface area (Å²) in [6, 6.07) is 21.7. The number of aliphatic hydroxyl groups is 1. The number of rotatable bonds is 11. The van der Waals surface area contributed by atoms with Crippen LogP contribution in [0, 0.1) is 6.92 Å². The maximum atomic E-state index is 13.7. The summed E-state index contributed by atoms with van der Waals surface area (Å²) in [4.78, 5) is 33.8. The van der Waals surface area contributed by atoms with Crippen molar-refractivity contribution in [2.45, 2.75) is 62.7 Å². The van der Waals surface area contributed by atoms with E-state index in [2.05, 4.69) is 20.4 Å². The maximum Gasteiger partial charge on any atom is 0.573 e. The molecule has 1 aromatic heterocycles. The Bertz CT molecular complexity index is 1730. The van der Waals surface area contributed by atoms with Gasteiger partial charge in [-0.15, -0.1) is 24.5 Å². The van der Waals surface area contributed by atoms with Crippen molar-refractivity contribution in [1.29, 1.82) is 0 Å². The van der Waals surface area contributed by atoms with Gasteiger partial charge >= 0.3 is 6.36 Å². The van der Waals surface area contributed by atoms with E-state index >= 15 is 0 Å². The van der Waals surface area contributed by atoms with Crippen LogP contribution < -0.4 is 15.4 Å². The number of carbonyl (C=O) groups excluding carboxylic acids is 2. The fraction of sp³-hybridized carbons (Fsp3) is 0.343. The summed E-state index contributed by atoms with van der Waals surface area (Å²) >= 11 is 1.55. The number of aliphatic hydroxyl groups excluding tert-OH is 1. The highest BCUT2D eigenvalue weighted by Crippen LogP contribution is 2.53. The minimum absolute atomic E-state index is 0.0685. The second-order valence-electron chi connectivity index (χ2n) is 12.1. The number of ether oxygens (including phenoxy) is 1. The van der Waals surface area contributed by atoms with Crippen molar-refractivity contribution in [2.24, 2.45) is 0 Å². The molecule has 47 heavy (non-hydrogen) atoms. The van der Waals surface area contributed by atoms with Gasteiger partial charge in [0.2, 0.25) is 0 Å². The molecule has 6 rings (SSSR count). The smallest absolute Gasteiger partial charge is 0.406 e. The van der Waals surface area contributed by atoms with Crippen molar-refractivity contribution in [3.63, 3.8) is 0 Å². The lowest BCUT2D eigenvalue weighted by Gasteiger charge is -2.27. The van der Waals surface area contributed by atoms with Gasteiger partial charge in [0.1, 0.15) is 10.8 Å². The summed E-state index contributed by atoms with van der Waals surface area (Å²) in [6.45, 7) is 2.79. The van der Waals surface area contributed by atoms with Crippen molar-refractivity contribution in [2.75, 3.05) is 13.1 Å². The number of aryl methyl sites for hydroxylation is 1. The topological polar surface area (TPSA) is 104 Å². The van der Waals surface area contributed by atoms with Crippen molar-refractivity contribution in [3.05, 3.63) is 117 Å². The summed E-state index contributed by atoms with van der Waals surface area (Å²) in [6.07, 6.45) is -3.63. The van der Waals surface area contributed by atoms with Gasteiger partial charge in [0, 0.05) is 47.8 Å². The van der Waals surface area contributed by atoms with Crippen molar-refractivity contribution in [1.82, 2.24) is 20.5 Å². The number of hydrogen-bond donors (Lipinski definition) is 3. The number of carbonyl (C=O) groups is 2. The summed E-state index contributed by atoms with van der Waals surface area (Å²) < 4.78 is 42.0. The number of amides is 2. The van der Waals surface area contributed by atoms with E-state index in [4.69, 9.17) is 0 Å². The number of halogens is 3. The Morgan fingerprint density at radius 2 is 1.85 bits per heavy atom. The SMILES string of the molecule is Cc1csc([C@H]2CCCN2C(=O)c2cccc(C(=O)NC3([C@H](O)CNCc4cccc(OC(F)(F)F)c4)CC3c3ccccc3)c2)n1. The molecule has 1 aliphatic carbocycles. The number of nitrogens with zero attached hydrogens (tertiary/aromatic N) is 2. The predicted octanol–water partition coefficient (Wildman–Crippen LogP) is 6.13. The first-order valence-corrected chi connectivity index (χ1v) is 16.3. The van der Waals surface area contributed by atoms with E-state index in [0.29, 0.717) is 29.7 Å². The molecule has 0 radical (unpaired) electrons. The minimum atomic E-state index is -4.80. The first-order valence-electron chi connectivity index (χ1n) is 15.5. The highest BCUT2D eigenvalue weighted by atomic mass is 32.1. The number of aromatic nitrogens is 1. The van der Waals surface area contributed by atoms with Gasteiger partial charge < -0.3 is 25.4 Å². The molecule has 2 aliphatic rings. The molecule has 2 fully saturated rings. The third-order valence-electron chi connectivity index (χ3n) is 8.75. The minimum Gasteiger partial charge on any atom is -0.406 e. The van der Waals surface area contributed by atoms with Crippen molar-refractivity contribution in [3.8, 4) is 5.75 Å². The third kappa shape index (κ3) is 7.50. The zero-order valence-electron chi connectivity index (χ0n) is 25.7. The van der Waals surface area contributed by atoms with E-state index < -0.39 is 23.9 Å². The quantitative estimate of drug-likeness (QED) is 0.178. The molecule has 12 heteroatoms. The largest absolute Gasteiger partial charge is 0.573 e. The van der Waals surface area contributed by atoms with Gasteiger partial charge in [-0.05, 0) is 67.6 Å². The van der Waals surface area contributed by atoms with E-state index in [1.807, 2.05) is 47.5 Å². The molecule has 246 valence electrons. The maximum absolute atomic E-state index is 13.7. The zero-order chi connectivity index (χ0) is 33.2. The van der Waals surface area contributed by atoms with Crippen LogP contribution in [-0.4, -0.2) is 57.9 Å². The first-order chi connectivity index (χ1) is 22.5. The van der Waals surface area contributed by atoms with Gasteiger partial charge in [-0.1, -0.05) is 48.5 Å². The molecule has 2 heterocycles. The lowest BCUT2D eigenvalue weighted by atomic mass is 9.99. The fourth-order valence-corrected chi connectivity index (χ4v) is 7.33.